The maximum absolute atomic E-state index is 10.9. The molecule has 2 aromatic rings. The van der Waals surface area contributed by atoms with E-state index in [2.05, 4.69) is 13.8 Å². The van der Waals surface area contributed by atoms with E-state index in [0.717, 1.165) is 23.3 Å². The zero-order chi connectivity index (χ0) is 18.9. The van der Waals surface area contributed by atoms with E-state index < -0.39 is 11.9 Å². The van der Waals surface area contributed by atoms with Gasteiger partial charge in [-0.25, -0.2) is 9.59 Å². The highest BCUT2D eigenvalue weighted by Crippen LogP contribution is 2.50. The van der Waals surface area contributed by atoms with Crippen molar-refractivity contribution in [1.82, 2.24) is 0 Å². The van der Waals surface area contributed by atoms with Gasteiger partial charge in [-0.1, -0.05) is 50.2 Å². The van der Waals surface area contributed by atoms with Gasteiger partial charge in [0.1, 0.15) is 11.5 Å². The predicted molar refractivity (Wildman–Crippen MR) is 98.4 cm³/mol. The van der Waals surface area contributed by atoms with Gasteiger partial charge in [-0.3, -0.25) is 0 Å². The summed E-state index contributed by atoms with van der Waals surface area (Å²) in [5, 5.41) is 17.8. The van der Waals surface area contributed by atoms with Crippen LogP contribution in [0.3, 0.4) is 0 Å². The number of para-hydroxylation sites is 2. The molecule has 0 atom stereocenters. The molecule has 0 amide bonds. The molecular formula is C21H18O5. The molecule has 2 aromatic carbocycles. The standard InChI is InChI=1S/C21H18O5/c1-21(2)15-7-3-5-13(9-11-17(22)23)19(15)26-20-14(10-12-18(24)25)6-4-8-16(20)21/h3-12H,1-2H3,(H,22,23)(H,24,25)/b11-9+,12-10+. The Labute approximate surface area is 150 Å². The van der Waals surface area contributed by atoms with Crippen molar-refractivity contribution >= 4 is 24.1 Å². The molecule has 26 heavy (non-hydrogen) atoms. The van der Waals surface area contributed by atoms with Crippen molar-refractivity contribution in [2.45, 2.75) is 19.3 Å². The van der Waals surface area contributed by atoms with E-state index in [1.54, 1.807) is 12.1 Å². The molecule has 0 unspecified atom stereocenters. The Bertz CT molecular complexity index is 875. The fraction of sp³-hybridized carbons (Fsp3) is 0.143. The first-order valence-corrected chi connectivity index (χ1v) is 8.07. The molecule has 0 spiro atoms. The first kappa shape index (κ1) is 17.5. The molecule has 0 radical (unpaired) electrons. The lowest BCUT2D eigenvalue weighted by Crippen LogP contribution is -2.25. The van der Waals surface area contributed by atoms with Crippen LogP contribution in [0.25, 0.3) is 12.2 Å². The number of benzene rings is 2. The summed E-state index contributed by atoms with van der Waals surface area (Å²) in [4.78, 5) is 21.8. The summed E-state index contributed by atoms with van der Waals surface area (Å²) < 4.78 is 6.15. The summed E-state index contributed by atoms with van der Waals surface area (Å²) >= 11 is 0. The van der Waals surface area contributed by atoms with Crippen LogP contribution in [0.2, 0.25) is 0 Å². The molecule has 1 heterocycles. The lowest BCUT2D eigenvalue weighted by molar-refractivity contribution is -0.132. The Morgan fingerprint density at radius 2 is 1.27 bits per heavy atom. The number of rotatable bonds is 4. The predicted octanol–water partition coefficient (Wildman–Crippen LogP) is 4.31. The molecule has 0 aromatic heterocycles. The third-order valence-electron chi connectivity index (χ3n) is 4.45. The number of hydrogen-bond acceptors (Lipinski definition) is 3. The van der Waals surface area contributed by atoms with Crippen molar-refractivity contribution in [3.8, 4) is 11.5 Å². The lowest BCUT2D eigenvalue weighted by atomic mass is 9.74. The Kier molecular flexibility index (Phi) is 4.38. The third kappa shape index (κ3) is 3.11. The minimum Gasteiger partial charge on any atom is -0.478 e. The Morgan fingerprint density at radius 3 is 1.65 bits per heavy atom. The molecule has 1 aliphatic heterocycles. The zero-order valence-corrected chi connectivity index (χ0v) is 14.4. The normalized spacial score (nSPS) is 14.7. The lowest BCUT2D eigenvalue weighted by Gasteiger charge is -2.36. The molecule has 132 valence electrons. The van der Waals surface area contributed by atoms with Crippen LogP contribution < -0.4 is 4.74 Å². The van der Waals surface area contributed by atoms with Gasteiger partial charge in [-0.05, 0) is 12.2 Å². The largest absolute Gasteiger partial charge is 0.478 e. The summed E-state index contributed by atoms with van der Waals surface area (Å²) in [5.74, 6) is -0.913. The molecule has 5 heteroatoms. The van der Waals surface area contributed by atoms with Gasteiger partial charge in [0.25, 0.3) is 0 Å². The van der Waals surface area contributed by atoms with Gasteiger partial charge in [0.05, 0.1) is 0 Å². The van der Waals surface area contributed by atoms with E-state index in [1.807, 2.05) is 24.3 Å². The SMILES string of the molecule is CC1(C)c2cccc(/C=C/C(=O)O)c2Oc2c(/C=C/C(=O)O)cccc21. The van der Waals surface area contributed by atoms with E-state index in [4.69, 9.17) is 14.9 Å². The minimum absolute atomic E-state index is 0.386. The van der Waals surface area contributed by atoms with Crippen LogP contribution in [0, 0.1) is 0 Å². The molecule has 3 rings (SSSR count). The van der Waals surface area contributed by atoms with Crippen molar-refractivity contribution in [3.63, 3.8) is 0 Å². The van der Waals surface area contributed by atoms with Crippen LogP contribution in [0.5, 0.6) is 11.5 Å². The number of carboxylic acids is 2. The second-order valence-corrected chi connectivity index (χ2v) is 6.52. The van der Waals surface area contributed by atoms with Gasteiger partial charge in [-0.15, -0.1) is 0 Å². The summed E-state index contributed by atoms with van der Waals surface area (Å²) in [6.07, 6.45) is 5.13. The number of carboxylic acid groups (broad SMARTS) is 2. The average molecular weight is 350 g/mol. The molecular weight excluding hydrogens is 332 g/mol. The first-order valence-electron chi connectivity index (χ1n) is 8.07. The van der Waals surface area contributed by atoms with Gasteiger partial charge in [-0.2, -0.15) is 0 Å². The monoisotopic (exact) mass is 350 g/mol. The maximum Gasteiger partial charge on any atom is 0.328 e. The second-order valence-electron chi connectivity index (χ2n) is 6.52. The van der Waals surface area contributed by atoms with Crippen LogP contribution in [-0.2, 0) is 15.0 Å². The second kappa shape index (κ2) is 6.52. The van der Waals surface area contributed by atoms with Gasteiger partial charge in [0.2, 0.25) is 0 Å². The number of fused-ring (bicyclic) bond motifs is 2. The molecule has 1 aliphatic rings. The summed E-state index contributed by atoms with van der Waals surface area (Å²) in [6.45, 7) is 4.12. The Morgan fingerprint density at radius 1 is 0.846 bits per heavy atom. The van der Waals surface area contributed by atoms with Gasteiger partial charge >= 0.3 is 11.9 Å². The van der Waals surface area contributed by atoms with Crippen molar-refractivity contribution in [2.24, 2.45) is 0 Å². The number of hydrogen-bond donors (Lipinski definition) is 2. The smallest absolute Gasteiger partial charge is 0.328 e. The molecule has 0 bridgehead atoms. The molecule has 0 saturated heterocycles. The van der Waals surface area contributed by atoms with E-state index in [-0.39, 0.29) is 5.41 Å². The fourth-order valence-electron chi connectivity index (χ4n) is 3.15. The third-order valence-corrected chi connectivity index (χ3v) is 4.45. The number of carbonyl (C=O) groups is 2. The highest BCUT2D eigenvalue weighted by Gasteiger charge is 2.35. The summed E-state index contributed by atoms with van der Waals surface area (Å²) in [5.41, 5.74) is 2.80. The van der Waals surface area contributed by atoms with Crippen LogP contribution in [0.15, 0.2) is 48.6 Å². The number of aliphatic carboxylic acids is 2. The molecule has 0 fully saturated rings. The van der Waals surface area contributed by atoms with E-state index >= 15 is 0 Å². The van der Waals surface area contributed by atoms with E-state index in [9.17, 15) is 9.59 Å². The zero-order valence-electron chi connectivity index (χ0n) is 14.4. The van der Waals surface area contributed by atoms with Crippen LogP contribution >= 0.6 is 0 Å². The minimum atomic E-state index is -1.04. The summed E-state index contributed by atoms with van der Waals surface area (Å²) in [6, 6.07) is 11.2. The van der Waals surface area contributed by atoms with Gasteiger partial charge < -0.3 is 14.9 Å². The fourth-order valence-corrected chi connectivity index (χ4v) is 3.15. The highest BCUT2D eigenvalue weighted by molar-refractivity contribution is 5.87. The number of ether oxygens (including phenoxy) is 1. The topological polar surface area (TPSA) is 83.8 Å². The maximum atomic E-state index is 10.9. The van der Waals surface area contributed by atoms with Crippen LogP contribution in [0.4, 0.5) is 0 Å². The first-order chi connectivity index (χ1) is 12.3. The van der Waals surface area contributed by atoms with Crippen molar-refractivity contribution in [1.29, 1.82) is 0 Å². The summed E-state index contributed by atoms with van der Waals surface area (Å²) in [7, 11) is 0. The molecule has 0 aliphatic carbocycles. The Balaban J connectivity index is 2.19. The highest BCUT2D eigenvalue weighted by atomic mass is 16.5. The average Bonchev–Trinajstić information content (AvgIpc) is 2.58. The van der Waals surface area contributed by atoms with Crippen LogP contribution in [0.1, 0.15) is 36.1 Å². The van der Waals surface area contributed by atoms with Gasteiger partial charge in [0, 0.05) is 39.8 Å². The van der Waals surface area contributed by atoms with E-state index in [1.165, 1.54) is 12.2 Å². The van der Waals surface area contributed by atoms with E-state index in [0.29, 0.717) is 22.6 Å². The molecule has 2 N–H and O–H groups in total. The quantitative estimate of drug-likeness (QED) is 0.803. The molecule has 5 nitrogen and oxygen atoms in total. The van der Waals surface area contributed by atoms with Crippen molar-refractivity contribution in [3.05, 3.63) is 70.8 Å². The van der Waals surface area contributed by atoms with Crippen molar-refractivity contribution < 1.29 is 24.5 Å². The van der Waals surface area contributed by atoms with Gasteiger partial charge in [0.15, 0.2) is 0 Å². The molecule has 0 saturated carbocycles. The Hall–Kier alpha value is -3.34. The van der Waals surface area contributed by atoms with Crippen molar-refractivity contribution in [2.75, 3.05) is 0 Å². The van der Waals surface area contributed by atoms with Crippen LogP contribution in [-0.4, -0.2) is 22.2 Å².